The number of carboxylic acids is 1. The minimum atomic E-state index is -4.51. The van der Waals surface area contributed by atoms with Crippen molar-refractivity contribution in [1.82, 2.24) is 19.9 Å². The van der Waals surface area contributed by atoms with E-state index in [9.17, 15) is 22.8 Å². The molecule has 1 aliphatic heterocycles. The summed E-state index contributed by atoms with van der Waals surface area (Å²) in [6.07, 6.45) is -4.44. The molecule has 1 aromatic heterocycles. The van der Waals surface area contributed by atoms with Gasteiger partial charge in [-0.25, -0.2) is 9.48 Å². The molecule has 1 aromatic carbocycles. The molecule has 1 unspecified atom stereocenters. The Bertz CT molecular complexity index is 836. The molecule has 1 fully saturated rings. The Balaban J connectivity index is 1.80. The first kappa shape index (κ1) is 17.9. The molecule has 1 N–H and O–H groups in total. The molecule has 0 saturated carbocycles. The van der Waals surface area contributed by atoms with Crippen LogP contribution in [0.3, 0.4) is 0 Å². The number of carbonyl (C=O) groups is 2. The molecule has 1 saturated heterocycles. The molecule has 2 heterocycles. The number of morpholine rings is 1. The first-order chi connectivity index (χ1) is 12.3. The van der Waals surface area contributed by atoms with Crippen LogP contribution in [-0.2, 0) is 15.7 Å². The molecule has 0 aliphatic carbocycles. The zero-order valence-corrected chi connectivity index (χ0v) is 13.2. The SMILES string of the molecule is O=C(O)C1CN(C(=O)c2cn(-c3cccc(C(F)(F)F)c3)nn2)CCO1. The van der Waals surface area contributed by atoms with E-state index in [0.717, 1.165) is 16.8 Å². The summed E-state index contributed by atoms with van der Waals surface area (Å²) < 4.78 is 44.5. The van der Waals surface area contributed by atoms with E-state index in [0.29, 0.717) is 0 Å². The fraction of sp³-hybridized carbons (Fsp3) is 0.333. The number of ether oxygens (including phenoxy) is 1. The largest absolute Gasteiger partial charge is 0.479 e. The Morgan fingerprint density at radius 1 is 1.31 bits per heavy atom. The van der Waals surface area contributed by atoms with Crippen molar-refractivity contribution in [2.24, 2.45) is 0 Å². The molecule has 0 bridgehead atoms. The van der Waals surface area contributed by atoms with E-state index in [2.05, 4.69) is 10.3 Å². The van der Waals surface area contributed by atoms with Gasteiger partial charge in [-0.15, -0.1) is 5.10 Å². The number of carboxylic acid groups (broad SMARTS) is 1. The molecule has 1 aliphatic rings. The van der Waals surface area contributed by atoms with Crippen LogP contribution in [0.1, 0.15) is 16.1 Å². The lowest BCUT2D eigenvalue weighted by Gasteiger charge is -2.30. The predicted octanol–water partition coefficient (Wildman–Crippen LogP) is 1.21. The molecule has 138 valence electrons. The van der Waals surface area contributed by atoms with E-state index in [-0.39, 0.29) is 31.1 Å². The van der Waals surface area contributed by atoms with Gasteiger partial charge in [-0.2, -0.15) is 13.2 Å². The second kappa shape index (κ2) is 6.75. The van der Waals surface area contributed by atoms with Crippen LogP contribution in [0.25, 0.3) is 5.69 Å². The van der Waals surface area contributed by atoms with Gasteiger partial charge < -0.3 is 14.7 Å². The van der Waals surface area contributed by atoms with Crippen molar-refractivity contribution in [1.29, 1.82) is 0 Å². The number of nitrogens with zero attached hydrogens (tertiary/aromatic N) is 4. The van der Waals surface area contributed by atoms with E-state index < -0.39 is 29.7 Å². The number of hydrogen-bond acceptors (Lipinski definition) is 5. The molecule has 8 nitrogen and oxygen atoms in total. The Hall–Kier alpha value is -2.95. The van der Waals surface area contributed by atoms with Gasteiger partial charge in [0.2, 0.25) is 0 Å². The Morgan fingerprint density at radius 3 is 2.77 bits per heavy atom. The van der Waals surface area contributed by atoms with Crippen molar-refractivity contribution in [3.8, 4) is 5.69 Å². The van der Waals surface area contributed by atoms with E-state index in [1.54, 1.807) is 0 Å². The molecule has 3 rings (SSSR count). The summed E-state index contributed by atoms with van der Waals surface area (Å²) in [5, 5.41) is 16.3. The third-order valence-corrected chi connectivity index (χ3v) is 3.78. The summed E-state index contributed by atoms with van der Waals surface area (Å²) in [5.41, 5.74) is -0.860. The van der Waals surface area contributed by atoms with Gasteiger partial charge in [-0.05, 0) is 18.2 Å². The molecule has 0 radical (unpaired) electrons. The second-order valence-electron chi connectivity index (χ2n) is 5.55. The number of alkyl halides is 3. The number of carbonyl (C=O) groups excluding carboxylic acids is 1. The van der Waals surface area contributed by atoms with Gasteiger partial charge in [0.25, 0.3) is 5.91 Å². The molecule has 26 heavy (non-hydrogen) atoms. The fourth-order valence-corrected chi connectivity index (χ4v) is 2.46. The monoisotopic (exact) mass is 370 g/mol. The molecule has 11 heteroatoms. The summed E-state index contributed by atoms with van der Waals surface area (Å²) in [7, 11) is 0. The minimum Gasteiger partial charge on any atom is -0.479 e. The van der Waals surface area contributed by atoms with Crippen LogP contribution in [0.2, 0.25) is 0 Å². The summed E-state index contributed by atoms with van der Waals surface area (Å²) >= 11 is 0. The second-order valence-corrected chi connectivity index (χ2v) is 5.55. The van der Waals surface area contributed by atoms with Crippen molar-refractivity contribution in [2.45, 2.75) is 12.3 Å². The number of hydrogen-bond donors (Lipinski definition) is 1. The summed E-state index contributed by atoms with van der Waals surface area (Å²) in [5.74, 6) is -1.76. The van der Waals surface area contributed by atoms with Gasteiger partial charge in [-0.3, -0.25) is 4.79 Å². The molecular weight excluding hydrogens is 357 g/mol. The number of rotatable bonds is 3. The topological polar surface area (TPSA) is 97.6 Å². The average Bonchev–Trinajstić information content (AvgIpc) is 3.10. The van der Waals surface area contributed by atoms with Gasteiger partial charge in [0, 0.05) is 6.54 Å². The zero-order valence-electron chi connectivity index (χ0n) is 13.2. The lowest BCUT2D eigenvalue weighted by atomic mass is 10.2. The van der Waals surface area contributed by atoms with Crippen LogP contribution in [0, 0.1) is 0 Å². The number of halogens is 3. The van der Waals surface area contributed by atoms with Gasteiger partial charge in [0.05, 0.1) is 30.6 Å². The summed E-state index contributed by atoms with van der Waals surface area (Å²) in [6.45, 7) is 0.0914. The maximum Gasteiger partial charge on any atom is 0.416 e. The third-order valence-electron chi connectivity index (χ3n) is 3.78. The van der Waals surface area contributed by atoms with Gasteiger partial charge in [-0.1, -0.05) is 11.3 Å². The zero-order chi connectivity index (χ0) is 18.9. The Labute approximate surface area is 144 Å². The van der Waals surface area contributed by atoms with Crippen molar-refractivity contribution >= 4 is 11.9 Å². The standard InChI is InChI=1S/C15H13F3N4O4/c16-15(17,18)9-2-1-3-10(6-9)22-7-11(19-20-22)13(23)21-4-5-26-12(8-21)14(24)25/h1-3,6-7,12H,4-5,8H2,(H,24,25). The Morgan fingerprint density at radius 2 is 2.08 bits per heavy atom. The molecule has 1 atom stereocenters. The minimum absolute atomic E-state index is 0.0600. The number of aliphatic carboxylic acids is 1. The number of amides is 1. The Kier molecular flexibility index (Phi) is 4.64. The highest BCUT2D eigenvalue weighted by molar-refractivity contribution is 5.92. The highest BCUT2D eigenvalue weighted by Crippen LogP contribution is 2.30. The summed E-state index contributed by atoms with van der Waals surface area (Å²) in [6, 6.07) is 4.43. The van der Waals surface area contributed by atoms with Crippen LogP contribution >= 0.6 is 0 Å². The maximum atomic E-state index is 12.8. The first-order valence-electron chi connectivity index (χ1n) is 7.49. The van der Waals surface area contributed by atoms with E-state index >= 15 is 0 Å². The van der Waals surface area contributed by atoms with Crippen LogP contribution in [0.15, 0.2) is 30.5 Å². The number of aromatic nitrogens is 3. The van der Waals surface area contributed by atoms with Crippen molar-refractivity contribution in [3.63, 3.8) is 0 Å². The molecule has 0 spiro atoms. The molecule has 1 amide bonds. The van der Waals surface area contributed by atoms with Gasteiger partial charge >= 0.3 is 12.1 Å². The van der Waals surface area contributed by atoms with Crippen molar-refractivity contribution in [3.05, 3.63) is 41.7 Å². The number of benzene rings is 1. The predicted molar refractivity (Wildman–Crippen MR) is 79.6 cm³/mol. The first-order valence-corrected chi connectivity index (χ1v) is 7.49. The lowest BCUT2D eigenvalue weighted by molar-refractivity contribution is -0.154. The normalized spacial score (nSPS) is 18.0. The molecule has 2 aromatic rings. The maximum absolute atomic E-state index is 12.8. The van der Waals surface area contributed by atoms with E-state index in [1.165, 1.54) is 23.2 Å². The van der Waals surface area contributed by atoms with Crippen LogP contribution in [-0.4, -0.2) is 62.7 Å². The van der Waals surface area contributed by atoms with Crippen LogP contribution < -0.4 is 0 Å². The van der Waals surface area contributed by atoms with Crippen LogP contribution in [0.4, 0.5) is 13.2 Å². The highest BCUT2D eigenvalue weighted by atomic mass is 19.4. The van der Waals surface area contributed by atoms with Crippen LogP contribution in [0.5, 0.6) is 0 Å². The average molecular weight is 370 g/mol. The van der Waals surface area contributed by atoms with Gasteiger partial charge in [0.1, 0.15) is 0 Å². The van der Waals surface area contributed by atoms with E-state index in [4.69, 9.17) is 9.84 Å². The smallest absolute Gasteiger partial charge is 0.416 e. The third kappa shape index (κ3) is 3.67. The van der Waals surface area contributed by atoms with Crippen molar-refractivity contribution < 1.29 is 32.6 Å². The summed E-state index contributed by atoms with van der Waals surface area (Å²) in [4.78, 5) is 24.6. The van der Waals surface area contributed by atoms with E-state index in [1.807, 2.05) is 0 Å². The molecular formula is C15H13F3N4O4. The highest BCUT2D eigenvalue weighted by Gasteiger charge is 2.32. The quantitative estimate of drug-likeness (QED) is 0.872. The van der Waals surface area contributed by atoms with Crippen molar-refractivity contribution in [2.75, 3.05) is 19.7 Å². The fourth-order valence-electron chi connectivity index (χ4n) is 2.46. The lowest BCUT2D eigenvalue weighted by Crippen LogP contribution is -2.48. The van der Waals surface area contributed by atoms with Gasteiger partial charge in [0.15, 0.2) is 11.8 Å².